The molecule has 0 atom stereocenters. The molecule has 0 aliphatic rings. The van der Waals surface area contributed by atoms with E-state index in [9.17, 15) is 0 Å². The van der Waals surface area contributed by atoms with Gasteiger partial charge < -0.3 is 10.5 Å². The Morgan fingerprint density at radius 3 is 2.79 bits per heavy atom. The van der Waals surface area contributed by atoms with Crippen LogP contribution in [0.1, 0.15) is 0 Å². The van der Waals surface area contributed by atoms with Crippen LogP contribution in [0.5, 0.6) is 5.75 Å². The number of hydrogen-bond acceptors (Lipinski definition) is 4. The minimum Gasteiger partial charge on any atom is -0.496 e. The summed E-state index contributed by atoms with van der Waals surface area (Å²) in [7, 11) is 1.65. The van der Waals surface area contributed by atoms with E-state index in [1.807, 2.05) is 41.1 Å². The van der Waals surface area contributed by atoms with Crippen LogP contribution in [0, 0.1) is 3.57 Å². The number of ether oxygens (including phenoxy) is 1. The standard InChI is InChI=1S/C13H11IN4O/c1-19-11-5-3-2-4-8(11)10-7-18-6-9(14)12(15)17-13(18)16-10/h2-7H,1H3,(H2,15,16,17). The van der Waals surface area contributed by atoms with Gasteiger partial charge in [-0.05, 0) is 34.7 Å². The number of fused-ring (bicyclic) bond motifs is 1. The second-order valence-electron chi connectivity index (χ2n) is 4.01. The van der Waals surface area contributed by atoms with Crippen LogP contribution >= 0.6 is 22.6 Å². The summed E-state index contributed by atoms with van der Waals surface area (Å²) in [4.78, 5) is 8.74. The summed E-state index contributed by atoms with van der Waals surface area (Å²) in [6.45, 7) is 0. The van der Waals surface area contributed by atoms with Gasteiger partial charge in [0.1, 0.15) is 11.6 Å². The topological polar surface area (TPSA) is 65.4 Å². The summed E-state index contributed by atoms with van der Waals surface area (Å²) in [5.74, 6) is 1.86. The van der Waals surface area contributed by atoms with Crippen LogP contribution < -0.4 is 10.5 Å². The number of halogens is 1. The molecule has 0 aliphatic carbocycles. The maximum atomic E-state index is 5.79. The third-order valence-electron chi connectivity index (χ3n) is 2.81. The van der Waals surface area contributed by atoms with Crippen LogP contribution in [0.2, 0.25) is 0 Å². The van der Waals surface area contributed by atoms with Crippen molar-refractivity contribution in [1.29, 1.82) is 0 Å². The number of nitrogen functional groups attached to an aromatic ring is 1. The number of rotatable bonds is 2. The third-order valence-corrected chi connectivity index (χ3v) is 3.64. The normalized spacial score (nSPS) is 10.8. The Hall–Kier alpha value is -1.83. The Morgan fingerprint density at radius 2 is 2.00 bits per heavy atom. The molecule has 2 N–H and O–H groups in total. The summed E-state index contributed by atoms with van der Waals surface area (Å²) in [6, 6.07) is 7.75. The fourth-order valence-electron chi connectivity index (χ4n) is 1.90. The number of methoxy groups -OCH3 is 1. The zero-order valence-electron chi connectivity index (χ0n) is 10.2. The van der Waals surface area contributed by atoms with E-state index in [4.69, 9.17) is 10.5 Å². The first-order valence-corrected chi connectivity index (χ1v) is 6.71. The number of nitrogens with zero attached hydrogens (tertiary/aromatic N) is 3. The van der Waals surface area contributed by atoms with Crippen LogP contribution in [-0.4, -0.2) is 21.5 Å². The van der Waals surface area contributed by atoms with Gasteiger partial charge in [0.15, 0.2) is 0 Å². The van der Waals surface area contributed by atoms with E-state index >= 15 is 0 Å². The molecule has 3 aromatic rings. The minimum atomic E-state index is 0.491. The second-order valence-corrected chi connectivity index (χ2v) is 5.17. The van der Waals surface area contributed by atoms with E-state index in [0.717, 1.165) is 20.6 Å². The number of aromatic nitrogens is 3. The lowest BCUT2D eigenvalue weighted by molar-refractivity contribution is 0.416. The molecule has 3 rings (SSSR count). The van der Waals surface area contributed by atoms with Crippen LogP contribution in [0.3, 0.4) is 0 Å². The van der Waals surface area contributed by atoms with E-state index < -0.39 is 0 Å². The molecular formula is C13H11IN4O. The summed E-state index contributed by atoms with van der Waals surface area (Å²) < 4.78 is 8.11. The van der Waals surface area contributed by atoms with Crippen LogP contribution in [0.25, 0.3) is 17.0 Å². The van der Waals surface area contributed by atoms with Gasteiger partial charge in [-0.1, -0.05) is 12.1 Å². The van der Waals surface area contributed by atoms with E-state index in [0.29, 0.717) is 11.6 Å². The average molecular weight is 366 g/mol. The van der Waals surface area contributed by atoms with Gasteiger partial charge in [-0.15, -0.1) is 0 Å². The smallest absolute Gasteiger partial charge is 0.236 e. The van der Waals surface area contributed by atoms with Gasteiger partial charge >= 0.3 is 0 Å². The first-order valence-electron chi connectivity index (χ1n) is 5.63. The van der Waals surface area contributed by atoms with Gasteiger partial charge in [-0.2, -0.15) is 4.98 Å². The summed E-state index contributed by atoms with van der Waals surface area (Å²) in [6.07, 6.45) is 3.83. The Balaban J connectivity index is 2.20. The highest BCUT2D eigenvalue weighted by molar-refractivity contribution is 14.1. The summed E-state index contributed by atoms with van der Waals surface area (Å²) in [5, 5.41) is 0. The van der Waals surface area contributed by atoms with Crippen molar-refractivity contribution in [2.75, 3.05) is 12.8 Å². The second kappa shape index (κ2) is 4.69. The molecule has 0 aliphatic heterocycles. The number of para-hydroxylation sites is 1. The molecule has 2 aromatic heterocycles. The van der Waals surface area contributed by atoms with Crippen molar-refractivity contribution in [1.82, 2.24) is 14.4 Å². The molecule has 0 bridgehead atoms. The number of anilines is 1. The van der Waals surface area contributed by atoms with Crippen molar-refractivity contribution < 1.29 is 4.74 Å². The van der Waals surface area contributed by atoms with Crippen molar-refractivity contribution in [3.63, 3.8) is 0 Å². The van der Waals surface area contributed by atoms with E-state index in [1.54, 1.807) is 7.11 Å². The molecule has 0 fully saturated rings. The molecule has 0 unspecified atom stereocenters. The number of imidazole rings is 1. The highest BCUT2D eigenvalue weighted by atomic mass is 127. The monoisotopic (exact) mass is 366 g/mol. The van der Waals surface area contributed by atoms with Gasteiger partial charge in [0, 0.05) is 18.0 Å². The number of hydrogen-bond donors (Lipinski definition) is 1. The van der Waals surface area contributed by atoms with Gasteiger partial charge in [0.05, 0.1) is 16.4 Å². The molecule has 96 valence electrons. The Labute approximate surface area is 123 Å². The van der Waals surface area contributed by atoms with Crippen LogP contribution in [0.15, 0.2) is 36.7 Å². The molecule has 5 nitrogen and oxygen atoms in total. The molecule has 19 heavy (non-hydrogen) atoms. The molecule has 0 radical (unpaired) electrons. The Bertz CT molecular complexity index is 714. The Kier molecular flexibility index (Phi) is 3.02. The molecule has 0 spiro atoms. The lowest BCUT2D eigenvalue weighted by atomic mass is 10.1. The molecule has 0 saturated heterocycles. The summed E-state index contributed by atoms with van der Waals surface area (Å²) >= 11 is 2.15. The SMILES string of the molecule is COc1ccccc1-c1cn2cc(I)c(N)nc2n1. The minimum absolute atomic E-state index is 0.491. The maximum Gasteiger partial charge on any atom is 0.236 e. The van der Waals surface area contributed by atoms with Gasteiger partial charge in [-0.3, -0.25) is 4.40 Å². The average Bonchev–Trinajstić information content (AvgIpc) is 2.82. The van der Waals surface area contributed by atoms with Crippen molar-refractivity contribution in [2.45, 2.75) is 0 Å². The van der Waals surface area contributed by atoms with Crippen LogP contribution in [-0.2, 0) is 0 Å². The maximum absolute atomic E-state index is 5.79. The van der Waals surface area contributed by atoms with Gasteiger partial charge in [-0.25, -0.2) is 4.98 Å². The highest BCUT2D eigenvalue weighted by Crippen LogP contribution is 2.29. The van der Waals surface area contributed by atoms with E-state index in [2.05, 4.69) is 32.6 Å². The molecular weight excluding hydrogens is 355 g/mol. The molecule has 6 heteroatoms. The predicted molar refractivity (Wildman–Crippen MR) is 82.1 cm³/mol. The first-order chi connectivity index (χ1) is 9.19. The van der Waals surface area contributed by atoms with Crippen LogP contribution in [0.4, 0.5) is 5.82 Å². The number of nitrogens with two attached hydrogens (primary N) is 1. The van der Waals surface area contributed by atoms with Gasteiger partial charge in [0.25, 0.3) is 0 Å². The van der Waals surface area contributed by atoms with E-state index in [1.165, 1.54) is 0 Å². The third kappa shape index (κ3) is 2.12. The molecule has 2 heterocycles. The van der Waals surface area contributed by atoms with Crippen molar-refractivity contribution in [3.8, 4) is 17.0 Å². The van der Waals surface area contributed by atoms with Gasteiger partial charge in [0.2, 0.25) is 5.78 Å². The molecule has 0 saturated carbocycles. The van der Waals surface area contributed by atoms with Crippen molar-refractivity contribution >= 4 is 34.2 Å². The largest absolute Gasteiger partial charge is 0.496 e. The van der Waals surface area contributed by atoms with E-state index in [-0.39, 0.29) is 0 Å². The Morgan fingerprint density at radius 1 is 1.21 bits per heavy atom. The van der Waals surface area contributed by atoms with Crippen molar-refractivity contribution in [3.05, 3.63) is 40.2 Å². The highest BCUT2D eigenvalue weighted by Gasteiger charge is 2.11. The number of benzene rings is 1. The predicted octanol–water partition coefficient (Wildman–Crippen LogP) is 2.59. The lowest BCUT2D eigenvalue weighted by Crippen LogP contribution is -1.97. The van der Waals surface area contributed by atoms with Crippen molar-refractivity contribution in [2.24, 2.45) is 0 Å². The molecule has 1 aromatic carbocycles. The first kappa shape index (κ1) is 12.2. The quantitative estimate of drug-likeness (QED) is 0.709. The fourth-order valence-corrected chi connectivity index (χ4v) is 2.32. The molecule has 0 amide bonds. The zero-order valence-corrected chi connectivity index (χ0v) is 12.3. The fraction of sp³-hybridized carbons (Fsp3) is 0.0769. The zero-order chi connectivity index (χ0) is 13.4. The summed E-state index contributed by atoms with van der Waals surface area (Å²) in [5.41, 5.74) is 7.54. The lowest BCUT2D eigenvalue weighted by Gasteiger charge is -2.04.